The molecular weight excluding hydrogens is 416 g/mol. The van der Waals surface area contributed by atoms with Crippen molar-refractivity contribution in [3.63, 3.8) is 0 Å². The van der Waals surface area contributed by atoms with E-state index in [4.69, 9.17) is 4.74 Å². The molecule has 5 aliphatic carbocycles. The Hall–Kier alpha value is -1.05. The number of rotatable bonds is 1. The zero-order valence-electron chi connectivity index (χ0n) is 23.6. The molecule has 0 aromatic carbocycles. The van der Waals surface area contributed by atoms with Crippen molar-refractivity contribution in [3.05, 3.63) is 23.3 Å². The Labute approximate surface area is 209 Å². The maximum Gasteiger partial charge on any atom is 0.302 e. The summed E-state index contributed by atoms with van der Waals surface area (Å²) in [5.41, 5.74) is 5.20. The molecule has 190 valence electrons. The first-order chi connectivity index (χ1) is 15.6. The Bertz CT molecular complexity index is 952. The lowest BCUT2D eigenvalue weighted by molar-refractivity contribution is -0.197. The Morgan fingerprint density at radius 1 is 0.882 bits per heavy atom. The van der Waals surface area contributed by atoms with E-state index < -0.39 is 0 Å². The molecular formula is C32H50O2. The van der Waals surface area contributed by atoms with E-state index in [1.54, 1.807) is 18.1 Å². The lowest BCUT2D eigenvalue weighted by Crippen LogP contribution is -2.63. The Balaban J connectivity index is 1.59. The molecule has 0 N–H and O–H groups in total. The highest BCUT2D eigenvalue weighted by Gasteiger charge is 2.66. The molecule has 2 nitrogen and oxygen atoms in total. The van der Waals surface area contributed by atoms with Crippen molar-refractivity contribution in [1.82, 2.24) is 0 Å². The minimum absolute atomic E-state index is 0.0199. The van der Waals surface area contributed by atoms with Gasteiger partial charge in [-0.1, -0.05) is 73.1 Å². The van der Waals surface area contributed by atoms with Crippen molar-refractivity contribution < 1.29 is 9.53 Å². The van der Waals surface area contributed by atoms with E-state index in [2.05, 4.69) is 67.5 Å². The van der Waals surface area contributed by atoms with E-state index in [0.717, 1.165) is 12.8 Å². The second-order valence-electron chi connectivity index (χ2n) is 15.4. The minimum Gasteiger partial charge on any atom is -0.462 e. The van der Waals surface area contributed by atoms with Gasteiger partial charge < -0.3 is 4.74 Å². The molecule has 0 aromatic rings. The fourth-order valence-corrected chi connectivity index (χ4v) is 10.2. The summed E-state index contributed by atoms with van der Waals surface area (Å²) >= 11 is 0. The topological polar surface area (TPSA) is 26.3 Å². The van der Waals surface area contributed by atoms with Crippen molar-refractivity contribution in [1.29, 1.82) is 0 Å². The molecule has 0 spiro atoms. The van der Waals surface area contributed by atoms with Gasteiger partial charge in [0.25, 0.3) is 0 Å². The first-order valence-corrected chi connectivity index (χ1v) is 14.2. The van der Waals surface area contributed by atoms with Crippen LogP contribution in [0.3, 0.4) is 0 Å². The molecule has 5 aliphatic rings. The van der Waals surface area contributed by atoms with Crippen molar-refractivity contribution in [2.45, 2.75) is 126 Å². The molecule has 7 unspecified atom stereocenters. The Kier molecular flexibility index (Phi) is 5.26. The van der Waals surface area contributed by atoms with Gasteiger partial charge in [0.05, 0.1) is 0 Å². The summed E-state index contributed by atoms with van der Waals surface area (Å²) in [6.45, 7) is 21.8. The maximum atomic E-state index is 11.9. The van der Waals surface area contributed by atoms with Gasteiger partial charge in [0.1, 0.15) is 6.10 Å². The summed E-state index contributed by atoms with van der Waals surface area (Å²) in [5.74, 6) is 1.05. The highest BCUT2D eigenvalue weighted by atomic mass is 16.5. The number of carbonyl (C=O) groups is 1. The number of hydrogen-bond donors (Lipinski definition) is 0. The van der Waals surface area contributed by atoms with E-state index in [9.17, 15) is 4.79 Å². The zero-order chi connectivity index (χ0) is 24.9. The third-order valence-electron chi connectivity index (χ3n) is 12.7. The molecule has 34 heavy (non-hydrogen) atoms. The van der Waals surface area contributed by atoms with E-state index in [-0.39, 0.29) is 28.3 Å². The molecule has 0 amide bonds. The van der Waals surface area contributed by atoms with E-state index in [1.165, 1.54) is 44.9 Å². The van der Waals surface area contributed by atoms with Crippen LogP contribution in [0.4, 0.5) is 0 Å². The van der Waals surface area contributed by atoms with Crippen LogP contribution in [-0.2, 0) is 9.53 Å². The standard InChI is InChI=1S/C32H50O2/c1-21(33)34-26-13-14-30(7)24(28(26,4)5)12-15-32(9)25(30)11-10-22-23-20-27(2,3)16-17-29(23,6)18-19-31(22,32)8/h10-11,24-26H,12-20H2,1-9H3. The molecule has 0 aromatic heterocycles. The van der Waals surface area contributed by atoms with Crippen LogP contribution in [-0.4, -0.2) is 12.1 Å². The van der Waals surface area contributed by atoms with Crippen molar-refractivity contribution in [2.24, 2.45) is 44.3 Å². The van der Waals surface area contributed by atoms with Crippen LogP contribution in [0.5, 0.6) is 0 Å². The van der Waals surface area contributed by atoms with E-state index in [1.807, 2.05) is 0 Å². The molecule has 2 heteroatoms. The SMILES string of the molecule is CC(=O)OC1CCC2(C)C(CCC3(C)C2C=CC2=C4CC(C)(C)CCC4(C)CCC23C)C1(C)C. The molecule has 0 saturated heterocycles. The number of ether oxygens (including phenoxy) is 1. The molecule has 5 rings (SSSR count). The molecule has 0 aliphatic heterocycles. The molecule has 0 radical (unpaired) electrons. The van der Waals surface area contributed by atoms with Gasteiger partial charge in [-0.2, -0.15) is 0 Å². The van der Waals surface area contributed by atoms with Gasteiger partial charge in [-0.3, -0.25) is 4.79 Å². The fourth-order valence-electron chi connectivity index (χ4n) is 10.2. The van der Waals surface area contributed by atoms with Gasteiger partial charge in [0.2, 0.25) is 0 Å². The van der Waals surface area contributed by atoms with Crippen molar-refractivity contribution in [2.75, 3.05) is 0 Å². The molecule has 0 heterocycles. The van der Waals surface area contributed by atoms with Gasteiger partial charge in [-0.25, -0.2) is 0 Å². The average Bonchev–Trinajstić information content (AvgIpc) is 2.72. The number of allylic oxidation sites excluding steroid dienone is 4. The molecule has 7 atom stereocenters. The van der Waals surface area contributed by atoms with Crippen LogP contribution in [0.25, 0.3) is 0 Å². The number of esters is 1. The van der Waals surface area contributed by atoms with Crippen molar-refractivity contribution >= 4 is 5.97 Å². The summed E-state index contributed by atoms with van der Waals surface area (Å²) in [5, 5.41) is 0. The number of hydrogen-bond acceptors (Lipinski definition) is 2. The second-order valence-corrected chi connectivity index (χ2v) is 15.4. The van der Waals surface area contributed by atoms with Crippen LogP contribution in [0.15, 0.2) is 23.3 Å². The highest BCUT2D eigenvalue weighted by molar-refractivity contribution is 5.66. The monoisotopic (exact) mass is 466 g/mol. The van der Waals surface area contributed by atoms with Gasteiger partial charge in [0.15, 0.2) is 0 Å². The summed E-state index contributed by atoms with van der Waals surface area (Å²) in [6.07, 6.45) is 16.7. The lowest BCUT2D eigenvalue weighted by atomic mass is 9.35. The fraction of sp³-hybridized carbons (Fsp3) is 0.844. The Morgan fingerprint density at radius 2 is 1.56 bits per heavy atom. The first kappa shape index (κ1) is 24.6. The summed E-state index contributed by atoms with van der Waals surface area (Å²) in [4.78, 5) is 11.9. The van der Waals surface area contributed by atoms with Crippen LogP contribution in [0.1, 0.15) is 120 Å². The summed E-state index contributed by atoms with van der Waals surface area (Å²) in [7, 11) is 0. The predicted octanol–water partition coefficient (Wildman–Crippen LogP) is 8.66. The summed E-state index contributed by atoms with van der Waals surface area (Å²) < 4.78 is 5.89. The molecule has 0 bridgehead atoms. The van der Waals surface area contributed by atoms with Gasteiger partial charge in [-0.15, -0.1) is 0 Å². The quantitative estimate of drug-likeness (QED) is 0.361. The van der Waals surface area contributed by atoms with Crippen LogP contribution >= 0.6 is 0 Å². The Morgan fingerprint density at radius 3 is 2.24 bits per heavy atom. The van der Waals surface area contributed by atoms with E-state index in [0.29, 0.717) is 28.1 Å². The second kappa shape index (κ2) is 7.25. The number of carbonyl (C=O) groups excluding carboxylic acids is 1. The molecule has 3 fully saturated rings. The maximum absolute atomic E-state index is 11.9. The van der Waals surface area contributed by atoms with Crippen LogP contribution in [0, 0.1) is 44.3 Å². The van der Waals surface area contributed by atoms with Crippen LogP contribution < -0.4 is 0 Å². The van der Waals surface area contributed by atoms with Gasteiger partial charge in [0, 0.05) is 12.3 Å². The normalized spacial score (nSPS) is 48.8. The van der Waals surface area contributed by atoms with Gasteiger partial charge >= 0.3 is 5.97 Å². The summed E-state index contributed by atoms with van der Waals surface area (Å²) in [6, 6.07) is 0. The smallest absolute Gasteiger partial charge is 0.302 e. The van der Waals surface area contributed by atoms with Gasteiger partial charge in [-0.05, 0) is 102 Å². The largest absolute Gasteiger partial charge is 0.462 e. The third kappa shape index (κ3) is 3.15. The lowest BCUT2D eigenvalue weighted by Gasteiger charge is -2.69. The zero-order valence-corrected chi connectivity index (χ0v) is 23.6. The number of fused-ring (bicyclic) bond motifs is 6. The van der Waals surface area contributed by atoms with E-state index >= 15 is 0 Å². The average molecular weight is 467 g/mol. The minimum atomic E-state index is -0.121. The predicted molar refractivity (Wildman–Crippen MR) is 140 cm³/mol. The molecule has 3 saturated carbocycles. The first-order valence-electron chi connectivity index (χ1n) is 14.2. The van der Waals surface area contributed by atoms with Crippen LogP contribution in [0.2, 0.25) is 0 Å². The highest BCUT2D eigenvalue weighted by Crippen LogP contribution is 2.74. The third-order valence-corrected chi connectivity index (χ3v) is 12.7. The van der Waals surface area contributed by atoms with Crippen molar-refractivity contribution in [3.8, 4) is 0 Å².